The number of aromatic nitrogens is 3. The van der Waals surface area contributed by atoms with Crippen molar-refractivity contribution >= 4 is 17.6 Å². The normalized spacial score (nSPS) is 11.6. The minimum atomic E-state index is 0.0986. The highest BCUT2D eigenvalue weighted by Crippen LogP contribution is 2.15. The van der Waals surface area contributed by atoms with Crippen LogP contribution in [0.3, 0.4) is 0 Å². The van der Waals surface area contributed by atoms with E-state index in [1.165, 1.54) is 0 Å². The molecule has 0 bridgehead atoms. The van der Waals surface area contributed by atoms with Gasteiger partial charge in [0.05, 0.1) is 11.9 Å². The lowest BCUT2D eigenvalue weighted by molar-refractivity contribution is 0.0978. The zero-order valence-corrected chi connectivity index (χ0v) is 17.6. The van der Waals surface area contributed by atoms with E-state index in [0.717, 1.165) is 17.7 Å². The molecule has 0 radical (unpaired) electrons. The molecule has 0 fully saturated rings. The lowest BCUT2D eigenvalue weighted by Crippen LogP contribution is -2.04. The van der Waals surface area contributed by atoms with Crippen molar-refractivity contribution in [2.24, 2.45) is 4.99 Å². The largest absolute Gasteiger partial charge is 0.487 e. The molecule has 1 heterocycles. The van der Waals surface area contributed by atoms with Gasteiger partial charge in [-0.2, -0.15) is 0 Å². The Kier molecular flexibility index (Phi) is 8.05. The number of allylic oxidation sites excluding steroid dienone is 1. The molecule has 0 N–H and O–H groups in total. The van der Waals surface area contributed by atoms with Gasteiger partial charge in [-0.15, -0.1) is 5.10 Å². The van der Waals surface area contributed by atoms with Gasteiger partial charge in [-0.1, -0.05) is 48.2 Å². The summed E-state index contributed by atoms with van der Waals surface area (Å²) in [6.45, 7) is 6.83. The number of nitrogens with zero attached hydrogens (tertiary/aromatic N) is 4. The third-order valence-corrected chi connectivity index (χ3v) is 4.50. The lowest BCUT2D eigenvalue weighted by atomic mass is 10.1. The SMILES string of the molecule is C=C(COc1ccc(C(=O)CCCn2ccnn2)cc1)N=C(C)/C=C/c1ccccc1. The number of ketones is 1. The van der Waals surface area contributed by atoms with E-state index in [0.29, 0.717) is 30.0 Å². The van der Waals surface area contributed by atoms with Crippen LogP contribution in [0.5, 0.6) is 5.75 Å². The number of carbonyl (C=O) groups excluding carboxylic acids is 1. The number of hydrogen-bond donors (Lipinski definition) is 0. The fourth-order valence-electron chi connectivity index (χ4n) is 2.90. The summed E-state index contributed by atoms with van der Waals surface area (Å²) in [5.74, 6) is 0.773. The predicted molar refractivity (Wildman–Crippen MR) is 123 cm³/mol. The molecule has 3 rings (SSSR count). The van der Waals surface area contributed by atoms with E-state index in [9.17, 15) is 4.79 Å². The predicted octanol–water partition coefficient (Wildman–Crippen LogP) is 5.01. The van der Waals surface area contributed by atoms with Crippen molar-refractivity contribution in [3.8, 4) is 5.75 Å². The van der Waals surface area contributed by atoms with Crippen LogP contribution in [0.2, 0.25) is 0 Å². The van der Waals surface area contributed by atoms with Gasteiger partial charge in [0, 0.05) is 30.4 Å². The van der Waals surface area contributed by atoms with Crippen molar-refractivity contribution in [3.05, 3.63) is 96.5 Å². The van der Waals surface area contributed by atoms with Gasteiger partial charge < -0.3 is 4.74 Å². The van der Waals surface area contributed by atoms with Crippen LogP contribution in [0.15, 0.2) is 90.3 Å². The molecule has 0 unspecified atom stereocenters. The van der Waals surface area contributed by atoms with E-state index in [2.05, 4.69) is 21.9 Å². The molecule has 0 saturated carbocycles. The van der Waals surface area contributed by atoms with Crippen LogP contribution in [0, 0.1) is 0 Å². The topological polar surface area (TPSA) is 69.4 Å². The highest BCUT2D eigenvalue weighted by Gasteiger charge is 2.06. The summed E-state index contributed by atoms with van der Waals surface area (Å²) in [6.07, 6.45) is 8.55. The van der Waals surface area contributed by atoms with Crippen LogP contribution in [-0.4, -0.2) is 33.1 Å². The van der Waals surface area contributed by atoms with Crippen molar-refractivity contribution in [1.82, 2.24) is 15.0 Å². The Labute approximate surface area is 182 Å². The number of ether oxygens (including phenoxy) is 1. The number of aliphatic imine (C=N–C) groups is 1. The van der Waals surface area contributed by atoms with Gasteiger partial charge in [0.1, 0.15) is 12.4 Å². The van der Waals surface area contributed by atoms with E-state index in [-0.39, 0.29) is 12.4 Å². The molecule has 6 heteroatoms. The fourth-order valence-corrected chi connectivity index (χ4v) is 2.90. The smallest absolute Gasteiger partial charge is 0.162 e. The third-order valence-electron chi connectivity index (χ3n) is 4.50. The van der Waals surface area contributed by atoms with Crippen molar-refractivity contribution in [2.75, 3.05) is 6.61 Å². The molecule has 31 heavy (non-hydrogen) atoms. The van der Waals surface area contributed by atoms with Crippen molar-refractivity contribution in [2.45, 2.75) is 26.3 Å². The molecule has 0 spiro atoms. The molecule has 6 nitrogen and oxygen atoms in total. The maximum absolute atomic E-state index is 12.3. The Morgan fingerprint density at radius 1 is 1.16 bits per heavy atom. The number of rotatable bonds is 11. The molecule has 0 aliphatic carbocycles. The number of hydrogen-bond acceptors (Lipinski definition) is 5. The van der Waals surface area contributed by atoms with E-state index in [1.54, 1.807) is 41.3 Å². The highest BCUT2D eigenvalue weighted by molar-refractivity contribution is 5.97. The Hall–Kier alpha value is -3.80. The van der Waals surface area contributed by atoms with Gasteiger partial charge >= 0.3 is 0 Å². The Morgan fingerprint density at radius 2 is 1.94 bits per heavy atom. The minimum Gasteiger partial charge on any atom is -0.487 e. The van der Waals surface area contributed by atoms with Gasteiger partial charge in [0.2, 0.25) is 0 Å². The molecule has 0 amide bonds. The quantitative estimate of drug-likeness (QED) is 0.327. The molecule has 3 aromatic rings. The van der Waals surface area contributed by atoms with E-state index >= 15 is 0 Å². The summed E-state index contributed by atoms with van der Waals surface area (Å²) in [6, 6.07) is 17.2. The molecule has 0 atom stereocenters. The molecule has 0 saturated heterocycles. The Balaban J connectivity index is 1.43. The van der Waals surface area contributed by atoms with Crippen molar-refractivity contribution in [3.63, 3.8) is 0 Å². The summed E-state index contributed by atoms with van der Waals surface area (Å²) in [7, 11) is 0. The first-order valence-corrected chi connectivity index (χ1v) is 10.2. The first kappa shape index (κ1) is 21.9. The van der Waals surface area contributed by atoms with Gasteiger partial charge in [-0.25, -0.2) is 0 Å². The summed E-state index contributed by atoms with van der Waals surface area (Å²) >= 11 is 0. The molecular formula is C25H26N4O2. The molecule has 1 aromatic heterocycles. The maximum Gasteiger partial charge on any atom is 0.162 e. The van der Waals surface area contributed by atoms with E-state index < -0.39 is 0 Å². The summed E-state index contributed by atoms with van der Waals surface area (Å²) in [5, 5.41) is 7.64. The van der Waals surface area contributed by atoms with Crippen LogP contribution in [0.1, 0.15) is 35.7 Å². The zero-order chi connectivity index (χ0) is 21.9. The molecule has 0 aliphatic rings. The van der Waals surface area contributed by atoms with Gasteiger partial charge in [0.15, 0.2) is 5.78 Å². The second kappa shape index (κ2) is 11.4. The third kappa shape index (κ3) is 7.51. The monoisotopic (exact) mass is 414 g/mol. The van der Waals surface area contributed by atoms with E-state index in [4.69, 9.17) is 4.74 Å². The van der Waals surface area contributed by atoms with Gasteiger partial charge in [0.25, 0.3) is 0 Å². The summed E-state index contributed by atoms with van der Waals surface area (Å²) < 4.78 is 7.46. The first-order chi connectivity index (χ1) is 15.1. The second-order valence-corrected chi connectivity index (χ2v) is 7.07. The average Bonchev–Trinajstić information content (AvgIpc) is 3.31. The van der Waals surface area contributed by atoms with Crippen LogP contribution in [-0.2, 0) is 6.54 Å². The van der Waals surface area contributed by atoms with Gasteiger partial charge in [-0.05, 0) is 49.2 Å². The zero-order valence-electron chi connectivity index (χ0n) is 17.6. The van der Waals surface area contributed by atoms with Crippen LogP contribution < -0.4 is 4.74 Å². The molecule has 0 aliphatic heterocycles. The first-order valence-electron chi connectivity index (χ1n) is 10.2. The summed E-state index contributed by atoms with van der Waals surface area (Å²) in [4.78, 5) is 16.8. The number of carbonyl (C=O) groups is 1. The standard InChI is InChI=1S/C25H26N4O2/c1-20(10-11-22-7-4-3-5-8-22)27-21(2)19-31-24-14-12-23(13-15-24)25(30)9-6-17-29-18-16-26-28-29/h3-5,7-8,10-16,18H,2,6,9,17,19H2,1H3/b11-10+,27-20?. The van der Waals surface area contributed by atoms with Crippen LogP contribution in [0.25, 0.3) is 6.08 Å². The van der Waals surface area contributed by atoms with Crippen molar-refractivity contribution in [1.29, 1.82) is 0 Å². The molecule has 158 valence electrons. The van der Waals surface area contributed by atoms with Crippen LogP contribution in [0.4, 0.5) is 0 Å². The second-order valence-electron chi connectivity index (χ2n) is 7.07. The number of benzene rings is 2. The highest BCUT2D eigenvalue weighted by atomic mass is 16.5. The number of Topliss-reactive ketones (excluding diaryl/α,β-unsaturated/α-hetero) is 1. The lowest BCUT2D eigenvalue weighted by Gasteiger charge is -2.07. The summed E-state index contributed by atoms with van der Waals surface area (Å²) in [5.41, 5.74) is 3.27. The van der Waals surface area contributed by atoms with E-state index in [1.807, 2.05) is 49.4 Å². The van der Waals surface area contributed by atoms with Crippen LogP contribution >= 0.6 is 0 Å². The average molecular weight is 415 g/mol. The molecular weight excluding hydrogens is 388 g/mol. The fraction of sp³-hybridized carbons (Fsp3) is 0.200. The Morgan fingerprint density at radius 3 is 2.65 bits per heavy atom. The minimum absolute atomic E-state index is 0.0986. The van der Waals surface area contributed by atoms with Crippen molar-refractivity contribution < 1.29 is 9.53 Å². The maximum atomic E-state index is 12.3. The van der Waals surface area contributed by atoms with Gasteiger partial charge in [-0.3, -0.25) is 14.5 Å². The number of aryl methyl sites for hydroxylation is 1. The Bertz CT molecular complexity index is 1040. The molecule has 2 aromatic carbocycles.